The van der Waals surface area contributed by atoms with Crippen LogP contribution in [0.15, 0.2) is 11.6 Å². The van der Waals surface area contributed by atoms with Crippen LogP contribution < -0.4 is 0 Å². The minimum absolute atomic E-state index is 0.0239. The van der Waals surface area contributed by atoms with Crippen LogP contribution in [-0.4, -0.2) is 180 Å². The first-order chi connectivity index (χ1) is 30.8. The van der Waals surface area contributed by atoms with Gasteiger partial charge in [0.1, 0.15) is 73.2 Å². The van der Waals surface area contributed by atoms with E-state index in [9.17, 15) is 61.0 Å². The Morgan fingerprint density at radius 1 is 0.636 bits per heavy atom. The second-order valence-electron chi connectivity index (χ2n) is 23.5. The lowest BCUT2D eigenvalue weighted by Gasteiger charge is -2.71. The molecule has 0 aromatic rings. The predicted octanol–water partition coefficient (Wildman–Crippen LogP) is 0.706. The number of hydrogen-bond acceptors (Lipinski definition) is 17. The van der Waals surface area contributed by atoms with Crippen molar-refractivity contribution in [3.63, 3.8) is 0 Å². The average molecular weight is 943 g/mol. The van der Waals surface area contributed by atoms with E-state index >= 15 is 0 Å². The lowest BCUT2D eigenvalue weighted by molar-refractivity contribution is -0.366. The summed E-state index contributed by atoms with van der Waals surface area (Å²) < 4.78 is 35.3. The summed E-state index contributed by atoms with van der Waals surface area (Å²) in [6, 6.07) is 0. The minimum Gasteiger partial charge on any atom is -0.481 e. The number of carbonyl (C=O) groups is 1. The normalized spacial score (nSPS) is 53.3. The Labute approximate surface area is 387 Å². The van der Waals surface area contributed by atoms with E-state index in [0.717, 1.165) is 51.4 Å². The maximum Gasteiger partial charge on any atom is 0.310 e. The minimum atomic E-state index is -1.84. The fourth-order valence-electron chi connectivity index (χ4n) is 15.1. The molecule has 0 unspecified atom stereocenters. The smallest absolute Gasteiger partial charge is 0.310 e. The number of ether oxygens (including phenoxy) is 6. The summed E-state index contributed by atoms with van der Waals surface area (Å²) in [5.41, 5.74) is 0.0694. The standard InChI is InChI=1S/C48H78O18/c1-43(2)14-16-48(42(59)60)17-15-46(6)22(23(48)18-43)8-9-28-45(5)12-11-29(44(3,4)27(45)10-13-47(28,46)7)65-40-35(56)33(54)31(52)26(64-40)21-61-39-37(58)34(55)38(25(20-50)63-39)66-41-36(57)32(53)30(51)24(19-49)62-41/h8,23-41,49-58H,9-21H2,1-7H3,(H,59,60)/t23-,24+,25+,26+,27-,28+,29-,30+,31+,32-,33-,34+,35+,36+,37+,38+,39+,40-,41-,45-,46+,47+,48-/m0/s1. The lowest BCUT2D eigenvalue weighted by Crippen LogP contribution is -2.66. The number of carboxylic acid groups (broad SMARTS) is 1. The third kappa shape index (κ3) is 7.96. The summed E-state index contributed by atoms with van der Waals surface area (Å²) in [5.74, 6) is -0.0578. The molecular formula is C48H78O18. The van der Waals surface area contributed by atoms with Gasteiger partial charge in [-0.15, -0.1) is 0 Å². The predicted molar refractivity (Wildman–Crippen MR) is 231 cm³/mol. The second-order valence-corrected chi connectivity index (χ2v) is 23.5. The molecular weight excluding hydrogens is 865 g/mol. The number of rotatable bonds is 10. The number of carboxylic acids is 1. The van der Waals surface area contributed by atoms with Crippen molar-refractivity contribution < 1.29 is 89.4 Å². The van der Waals surface area contributed by atoms with E-state index in [-0.39, 0.29) is 33.5 Å². The first-order valence-corrected chi connectivity index (χ1v) is 24.3. The van der Waals surface area contributed by atoms with Crippen molar-refractivity contribution in [2.24, 2.45) is 50.2 Å². The summed E-state index contributed by atoms with van der Waals surface area (Å²) in [6.45, 7) is 14.2. The van der Waals surface area contributed by atoms with Crippen molar-refractivity contribution in [2.45, 2.75) is 211 Å². The molecule has 8 rings (SSSR count). The van der Waals surface area contributed by atoms with Crippen LogP contribution in [-0.2, 0) is 33.2 Å². The van der Waals surface area contributed by atoms with E-state index in [4.69, 9.17) is 28.4 Å². The highest BCUT2D eigenvalue weighted by molar-refractivity contribution is 5.76. The maximum absolute atomic E-state index is 13.1. The van der Waals surface area contributed by atoms with Gasteiger partial charge in [0.15, 0.2) is 18.9 Å². The average Bonchev–Trinajstić information content (AvgIpc) is 3.26. The molecule has 8 aliphatic rings. The first-order valence-electron chi connectivity index (χ1n) is 24.3. The maximum atomic E-state index is 13.1. The van der Waals surface area contributed by atoms with Crippen LogP contribution in [0.1, 0.15) is 113 Å². The van der Waals surface area contributed by atoms with Crippen LogP contribution in [0.4, 0.5) is 0 Å². The van der Waals surface area contributed by atoms with E-state index in [1.165, 1.54) is 5.57 Å². The van der Waals surface area contributed by atoms with Gasteiger partial charge in [-0.3, -0.25) is 4.79 Å². The molecule has 4 saturated carbocycles. The fourth-order valence-corrected chi connectivity index (χ4v) is 15.1. The molecule has 3 heterocycles. The Bertz CT molecular complexity index is 1790. The van der Waals surface area contributed by atoms with Crippen LogP contribution >= 0.6 is 0 Å². The molecule has 7 fully saturated rings. The van der Waals surface area contributed by atoms with Gasteiger partial charge in [-0.25, -0.2) is 0 Å². The quantitative estimate of drug-likeness (QED) is 0.106. The second kappa shape index (κ2) is 18.0. The lowest BCUT2D eigenvalue weighted by atomic mass is 9.33. The van der Waals surface area contributed by atoms with Crippen LogP contribution in [0.25, 0.3) is 0 Å². The number of allylic oxidation sites excluding steroid dienone is 2. The molecule has 11 N–H and O–H groups in total. The molecule has 23 atom stereocenters. The largest absolute Gasteiger partial charge is 0.481 e. The molecule has 5 aliphatic carbocycles. The van der Waals surface area contributed by atoms with E-state index < -0.39 is 135 Å². The molecule has 18 heteroatoms. The van der Waals surface area contributed by atoms with E-state index in [2.05, 4.69) is 54.5 Å². The van der Waals surface area contributed by atoms with Gasteiger partial charge in [0.2, 0.25) is 0 Å². The summed E-state index contributed by atoms with van der Waals surface area (Å²) >= 11 is 0. The highest BCUT2D eigenvalue weighted by Crippen LogP contribution is 2.76. The highest BCUT2D eigenvalue weighted by atomic mass is 16.8. The summed E-state index contributed by atoms with van der Waals surface area (Å²) in [7, 11) is 0. The molecule has 0 aromatic carbocycles. The Balaban J connectivity index is 0.933. The summed E-state index contributed by atoms with van der Waals surface area (Å²) in [6.07, 6.45) is -13.8. The van der Waals surface area contributed by atoms with Crippen LogP contribution in [0.2, 0.25) is 0 Å². The van der Waals surface area contributed by atoms with Gasteiger partial charge < -0.3 is 84.6 Å². The number of aliphatic hydroxyl groups is 10. The van der Waals surface area contributed by atoms with Gasteiger partial charge in [-0.05, 0) is 109 Å². The van der Waals surface area contributed by atoms with Gasteiger partial charge in [0.05, 0.1) is 31.3 Å². The monoisotopic (exact) mass is 943 g/mol. The van der Waals surface area contributed by atoms with Crippen molar-refractivity contribution in [3.8, 4) is 0 Å². The molecule has 3 aliphatic heterocycles. The Morgan fingerprint density at radius 3 is 1.85 bits per heavy atom. The molecule has 18 nitrogen and oxygen atoms in total. The van der Waals surface area contributed by atoms with Gasteiger partial charge in [-0.2, -0.15) is 0 Å². The SMILES string of the molecule is CC1(C)CC[C@]2(C(=O)O)CC[C@]3(C)C(=CC[C@@H]4[C@@]5(C)CC[C@H](O[C@@H]6O[C@H](CO[C@@H]7O[C@H](CO)[C@@H](O[C@@H]8O[C@H](CO)[C@@H](O)[C@H](O)[C@H]8O)[C@H](O)[C@H]7O)[C@@H](O)[C@H](O)[C@H]6O)C(C)(C)[C@@H]5CC[C@]43C)[C@@H]2C1. The summed E-state index contributed by atoms with van der Waals surface area (Å²) in [4.78, 5) is 13.1. The van der Waals surface area contributed by atoms with Crippen LogP contribution in [0.5, 0.6) is 0 Å². The molecule has 3 saturated heterocycles. The molecule has 0 bridgehead atoms. The van der Waals surface area contributed by atoms with Crippen molar-refractivity contribution in [1.29, 1.82) is 0 Å². The Hall–Kier alpha value is -1.43. The van der Waals surface area contributed by atoms with Gasteiger partial charge in [0, 0.05) is 0 Å². The summed E-state index contributed by atoms with van der Waals surface area (Å²) in [5, 5.41) is 117. The van der Waals surface area contributed by atoms with Crippen molar-refractivity contribution in [2.75, 3.05) is 19.8 Å². The third-order valence-electron chi connectivity index (χ3n) is 19.4. The number of fused-ring (bicyclic) bond motifs is 7. The zero-order chi connectivity index (χ0) is 48.3. The molecule has 66 heavy (non-hydrogen) atoms. The van der Waals surface area contributed by atoms with Crippen molar-refractivity contribution in [3.05, 3.63) is 11.6 Å². The highest BCUT2D eigenvalue weighted by Gasteiger charge is 2.70. The molecule has 0 amide bonds. The zero-order valence-corrected chi connectivity index (χ0v) is 39.5. The van der Waals surface area contributed by atoms with Crippen LogP contribution in [0, 0.1) is 50.2 Å². The third-order valence-corrected chi connectivity index (χ3v) is 19.4. The number of aliphatic hydroxyl groups excluding tert-OH is 10. The molecule has 0 spiro atoms. The topological polar surface area (TPSA) is 295 Å². The first kappa shape index (κ1) is 50.9. The van der Waals surface area contributed by atoms with E-state index in [1.807, 2.05) is 0 Å². The van der Waals surface area contributed by atoms with Gasteiger partial charge >= 0.3 is 5.97 Å². The van der Waals surface area contributed by atoms with E-state index in [0.29, 0.717) is 18.8 Å². The zero-order valence-electron chi connectivity index (χ0n) is 39.5. The Kier molecular flexibility index (Phi) is 13.9. The molecule has 378 valence electrons. The molecule has 0 radical (unpaired) electrons. The number of hydrogen-bond donors (Lipinski definition) is 11. The number of aliphatic carboxylic acids is 1. The van der Waals surface area contributed by atoms with Crippen LogP contribution in [0.3, 0.4) is 0 Å². The van der Waals surface area contributed by atoms with Crippen molar-refractivity contribution in [1.82, 2.24) is 0 Å². The van der Waals surface area contributed by atoms with Gasteiger partial charge in [-0.1, -0.05) is 60.1 Å². The van der Waals surface area contributed by atoms with E-state index in [1.54, 1.807) is 0 Å². The molecule has 0 aromatic heterocycles. The Morgan fingerprint density at radius 2 is 1.21 bits per heavy atom. The fraction of sp³-hybridized carbons (Fsp3) is 0.938. The van der Waals surface area contributed by atoms with Crippen molar-refractivity contribution >= 4 is 5.97 Å². The van der Waals surface area contributed by atoms with Gasteiger partial charge in [0.25, 0.3) is 0 Å².